The normalized spacial score (nSPS) is 28.1. The van der Waals surface area contributed by atoms with Gasteiger partial charge in [-0.05, 0) is 0 Å². The molecule has 8 rings (SSSR count). The van der Waals surface area contributed by atoms with E-state index in [2.05, 4.69) is 165 Å². The molecule has 0 aromatic heterocycles. The number of benzene rings is 3. The van der Waals surface area contributed by atoms with Crippen molar-refractivity contribution in [2.45, 2.75) is 84.2 Å². The molecular weight excluding hydrogens is 762 g/mol. The third kappa shape index (κ3) is 4.22. The van der Waals surface area contributed by atoms with Crippen LogP contribution < -0.4 is 6.54 Å². The summed E-state index contributed by atoms with van der Waals surface area (Å²) < 4.78 is 10.2. The summed E-state index contributed by atoms with van der Waals surface area (Å²) in [5.41, 5.74) is 8.99. The van der Waals surface area contributed by atoms with Crippen molar-refractivity contribution in [3.63, 3.8) is 0 Å². The zero-order valence-electron chi connectivity index (χ0n) is 31.7. The Balaban J connectivity index is 0.00000224. The molecule has 0 N–H and O–H groups in total. The van der Waals surface area contributed by atoms with Gasteiger partial charge < -0.3 is 0 Å². The van der Waals surface area contributed by atoms with Gasteiger partial charge in [0.1, 0.15) is 0 Å². The van der Waals surface area contributed by atoms with E-state index < -0.39 is 18.3 Å². The maximum atomic E-state index is 6.76. The Morgan fingerprint density at radius 3 is 2.00 bits per heavy atom. The molecular formula is C47H55Cl3Zr. The molecule has 268 valence electrons. The van der Waals surface area contributed by atoms with Crippen LogP contribution in [-0.2, 0) is 24.7 Å². The Morgan fingerprint density at radius 2 is 1.35 bits per heavy atom. The molecule has 51 heavy (non-hydrogen) atoms. The van der Waals surface area contributed by atoms with Crippen molar-refractivity contribution in [1.82, 2.24) is 0 Å². The van der Waals surface area contributed by atoms with Gasteiger partial charge in [0.25, 0.3) is 0 Å². The van der Waals surface area contributed by atoms with Crippen LogP contribution in [0.1, 0.15) is 85.8 Å². The van der Waals surface area contributed by atoms with Crippen LogP contribution in [-0.4, -0.2) is 4.21 Å². The van der Waals surface area contributed by atoms with E-state index in [9.17, 15) is 0 Å². The molecule has 0 nitrogen and oxygen atoms in total. The van der Waals surface area contributed by atoms with Gasteiger partial charge in [0, 0.05) is 0 Å². The fourth-order valence-corrected chi connectivity index (χ4v) is 33.6. The Hall–Kier alpha value is -2.02. The van der Waals surface area contributed by atoms with E-state index in [0.717, 1.165) is 24.3 Å². The summed E-state index contributed by atoms with van der Waals surface area (Å²) in [7, 11) is 0. The molecule has 0 bridgehead atoms. The molecule has 4 heteroatoms. The molecule has 0 spiro atoms. The minimum absolute atomic E-state index is 0. The van der Waals surface area contributed by atoms with Crippen LogP contribution in [0, 0.1) is 27.6 Å². The SMILES string of the molecule is Cl.Cl.[CH2]=[Zr]([C]1=CC=CC1)([c]1ccccc1)([c]1ccc(Cl)cc1)[C]1(C)C2=C3Cc4ccccc4C3=C3C=CCCC3C2(C)C(C)(C)C(C)(C)C1(C)C. The predicted molar refractivity (Wildman–Crippen MR) is 224 cm³/mol. The van der Waals surface area contributed by atoms with Gasteiger partial charge in [-0.25, -0.2) is 0 Å². The Labute approximate surface area is 325 Å². The summed E-state index contributed by atoms with van der Waals surface area (Å²) in [6.07, 6.45) is 16.4. The van der Waals surface area contributed by atoms with Crippen LogP contribution in [0.2, 0.25) is 8.15 Å². The zero-order valence-corrected chi connectivity index (χ0v) is 36.5. The first-order chi connectivity index (χ1) is 23.1. The maximum absolute atomic E-state index is 6.76. The van der Waals surface area contributed by atoms with Crippen molar-refractivity contribution in [2.75, 3.05) is 0 Å². The van der Waals surface area contributed by atoms with Crippen LogP contribution in [0.25, 0.3) is 5.57 Å². The van der Waals surface area contributed by atoms with Crippen molar-refractivity contribution in [2.24, 2.45) is 27.6 Å². The fourth-order valence-electron chi connectivity index (χ4n) is 12.8. The van der Waals surface area contributed by atoms with Gasteiger partial charge in [-0.1, -0.05) is 0 Å². The minimum atomic E-state index is -5.15. The first-order valence-corrected chi connectivity index (χ1v) is 25.6. The molecule has 0 saturated heterocycles. The van der Waals surface area contributed by atoms with Gasteiger partial charge >= 0.3 is 303 Å². The molecule has 3 aromatic carbocycles. The van der Waals surface area contributed by atoms with E-state index in [1.165, 1.54) is 29.7 Å². The molecule has 0 amide bonds. The van der Waals surface area contributed by atoms with Crippen molar-refractivity contribution in [1.29, 1.82) is 0 Å². The average molecular weight is 818 g/mol. The van der Waals surface area contributed by atoms with Gasteiger partial charge in [-0.2, -0.15) is 0 Å². The number of hydrogen-bond acceptors (Lipinski definition) is 0. The molecule has 0 heterocycles. The predicted octanol–water partition coefficient (Wildman–Crippen LogP) is 12.7. The summed E-state index contributed by atoms with van der Waals surface area (Å²) in [6.45, 7) is 21.2. The third-order valence-electron chi connectivity index (χ3n) is 16.7. The quantitative estimate of drug-likeness (QED) is 0.246. The summed E-state index contributed by atoms with van der Waals surface area (Å²) in [5.74, 6) is 0.423. The van der Waals surface area contributed by atoms with Crippen molar-refractivity contribution in [3.05, 3.63) is 145 Å². The number of allylic oxidation sites excluding steroid dienone is 10. The van der Waals surface area contributed by atoms with Crippen LogP contribution >= 0.6 is 36.4 Å². The van der Waals surface area contributed by atoms with Gasteiger partial charge in [-0.15, -0.1) is 24.8 Å². The van der Waals surface area contributed by atoms with E-state index in [1.807, 2.05) is 0 Å². The van der Waals surface area contributed by atoms with Crippen LogP contribution in [0.3, 0.4) is 0 Å². The second kappa shape index (κ2) is 12.3. The zero-order chi connectivity index (χ0) is 34.9. The molecule has 3 unspecified atom stereocenters. The molecule has 5 aliphatic carbocycles. The average Bonchev–Trinajstić information content (AvgIpc) is 3.77. The van der Waals surface area contributed by atoms with Crippen LogP contribution in [0.15, 0.2) is 129 Å². The third-order valence-corrected chi connectivity index (χ3v) is 36.8. The summed E-state index contributed by atoms with van der Waals surface area (Å²) in [6, 6.07) is 30.0. The Bertz CT molecular complexity index is 2140. The number of fused-ring (bicyclic) bond motifs is 6. The number of halogens is 3. The van der Waals surface area contributed by atoms with Crippen molar-refractivity contribution in [3.8, 4) is 0 Å². The second-order valence-electron chi connectivity index (χ2n) is 17.9. The van der Waals surface area contributed by atoms with Gasteiger partial charge in [0.05, 0.1) is 0 Å². The summed E-state index contributed by atoms with van der Waals surface area (Å²) in [4.78, 5) is 0. The first kappa shape index (κ1) is 38.7. The molecule has 3 aromatic rings. The van der Waals surface area contributed by atoms with Crippen molar-refractivity contribution >= 4 is 52.7 Å². The van der Waals surface area contributed by atoms with Gasteiger partial charge in [0.15, 0.2) is 0 Å². The second-order valence-corrected chi connectivity index (χ2v) is 32.4. The monoisotopic (exact) mass is 814 g/mol. The Morgan fingerprint density at radius 1 is 0.725 bits per heavy atom. The summed E-state index contributed by atoms with van der Waals surface area (Å²) in [5, 5.41) is 0.785. The topological polar surface area (TPSA) is 0 Å². The van der Waals surface area contributed by atoms with Crippen LogP contribution in [0.5, 0.6) is 0 Å². The molecule has 5 aliphatic rings. The molecule has 3 atom stereocenters. The van der Waals surface area contributed by atoms with E-state index in [0.29, 0.717) is 5.92 Å². The summed E-state index contributed by atoms with van der Waals surface area (Å²) >= 11 is 1.61. The van der Waals surface area contributed by atoms with E-state index in [-0.39, 0.29) is 49.6 Å². The van der Waals surface area contributed by atoms with E-state index >= 15 is 0 Å². The molecule has 0 aliphatic heterocycles. The Kier molecular flexibility index (Phi) is 9.30. The molecule has 0 radical (unpaired) electrons. The van der Waals surface area contributed by atoms with E-state index in [4.69, 9.17) is 15.8 Å². The molecule has 1 saturated carbocycles. The van der Waals surface area contributed by atoms with E-state index in [1.54, 1.807) is 20.0 Å². The van der Waals surface area contributed by atoms with Gasteiger partial charge in [-0.3, -0.25) is 0 Å². The van der Waals surface area contributed by atoms with Gasteiger partial charge in [0.2, 0.25) is 0 Å². The first-order valence-electron chi connectivity index (χ1n) is 18.5. The fraction of sp³-hybridized carbons (Fsp3) is 0.383. The van der Waals surface area contributed by atoms with Crippen molar-refractivity contribution < 1.29 is 18.3 Å². The standard InChI is InChI=1S/C29H37.C6H4Cl.C6H5.C5H5.CH2.2ClH.Zr/c1-18-25-22-17-19-13-9-10-14-20(19)24(22)21-15-11-12-16-23(21)29(25,8)28(6,7)27(4,5)26(18,2)3;7-6-4-2-1-3-5-6;1-2-4-6-5-3-1;1-2-4-5-3-1;;;;/h9-11,13-15,23H,12,16-17H2,1-8H3;2-5H;1-5H;1-3H,4H2;1H2;2*1H;. The number of hydrogen-bond donors (Lipinski definition) is 0. The number of rotatable bonds is 4. The van der Waals surface area contributed by atoms with Crippen LogP contribution in [0.4, 0.5) is 0 Å². The molecule has 1 fully saturated rings.